The Morgan fingerprint density at radius 1 is 1.26 bits per heavy atom. The van der Waals surface area contributed by atoms with Crippen molar-refractivity contribution in [3.63, 3.8) is 0 Å². The van der Waals surface area contributed by atoms with Crippen molar-refractivity contribution >= 4 is 36.2 Å². The highest BCUT2D eigenvalue weighted by atomic mass is 35.5. The van der Waals surface area contributed by atoms with E-state index in [2.05, 4.69) is 15.4 Å². The summed E-state index contributed by atoms with van der Waals surface area (Å²) in [7, 11) is 1.25. The Kier molecular flexibility index (Phi) is 10.3. The molecule has 1 aromatic rings. The van der Waals surface area contributed by atoms with Crippen LogP contribution < -0.4 is 16.4 Å². The van der Waals surface area contributed by atoms with Crippen LogP contribution in [0.4, 0.5) is 4.79 Å². The molecule has 172 valence electrons. The standard InChI is InChI=1S/C21H31N5O4.ClH/c1-13(2)11-16(25-21(29)30-3)20(28)26-10-4-5-17(26)19(27)24-12-14-6-8-15(9-7-14)18(22)23;/h6-9,13,16-17H,4-5,10-12H2,1-3H3,(H3,22,23)(H,24,27)(H,25,29);1H/t16?,17-;/m0./s1. The first-order chi connectivity index (χ1) is 14.2. The van der Waals surface area contributed by atoms with Gasteiger partial charge in [-0.15, -0.1) is 12.4 Å². The van der Waals surface area contributed by atoms with Crippen LogP contribution in [0.5, 0.6) is 0 Å². The first-order valence-corrected chi connectivity index (χ1v) is 10.1. The maximum absolute atomic E-state index is 13.1. The van der Waals surface area contributed by atoms with Gasteiger partial charge in [0.2, 0.25) is 11.8 Å². The first-order valence-electron chi connectivity index (χ1n) is 10.1. The third-order valence-electron chi connectivity index (χ3n) is 5.05. The van der Waals surface area contributed by atoms with Gasteiger partial charge in [0.05, 0.1) is 7.11 Å². The molecule has 0 aromatic heterocycles. The van der Waals surface area contributed by atoms with Gasteiger partial charge >= 0.3 is 6.09 Å². The fourth-order valence-electron chi connectivity index (χ4n) is 3.51. The molecule has 1 aliphatic rings. The molecule has 0 spiro atoms. The topological polar surface area (TPSA) is 138 Å². The SMILES string of the molecule is COC(=O)NC(CC(C)C)C(=O)N1CCC[C@H]1C(=O)NCc1ccc(C(=N)N)cc1.Cl. The number of benzene rings is 1. The number of nitrogens with zero attached hydrogens (tertiary/aromatic N) is 1. The van der Waals surface area contributed by atoms with Gasteiger partial charge in [-0.3, -0.25) is 15.0 Å². The molecule has 2 rings (SSSR count). The van der Waals surface area contributed by atoms with E-state index in [9.17, 15) is 14.4 Å². The van der Waals surface area contributed by atoms with Gasteiger partial charge in [-0.1, -0.05) is 38.1 Å². The number of methoxy groups -OCH3 is 1. The summed E-state index contributed by atoms with van der Waals surface area (Å²) < 4.78 is 4.64. The van der Waals surface area contributed by atoms with E-state index in [1.807, 2.05) is 13.8 Å². The van der Waals surface area contributed by atoms with Crippen molar-refractivity contribution in [2.75, 3.05) is 13.7 Å². The molecule has 9 nitrogen and oxygen atoms in total. The minimum atomic E-state index is -0.732. The summed E-state index contributed by atoms with van der Waals surface area (Å²) in [6.45, 7) is 4.71. The van der Waals surface area contributed by atoms with Gasteiger partial charge in [-0.05, 0) is 30.7 Å². The molecule has 0 bridgehead atoms. The van der Waals surface area contributed by atoms with Crippen molar-refractivity contribution in [1.29, 1.82) is 5.41 Å². The molecule has 1 saturated heterocycles. The number of alkyl carbamates (subject to hydrolysis) is 1. The summed E-state index contributed by atoms with van der Waals surface area (Å²) in [4.78, 5) is 39.0. The van der Waals surface area contributed by atoms with E-state index in [1.165, 1.54) is 7.11 Å². The van der Waals surface area contributed by atoms with Crippen molar-refractivity contribution in [2.24, 2.45) is 11.7 Å². The maximum Gasteiger partial charge on any atom is 0.407 e. The zero-order valence-corrected chi connectivity index (χ0v) is 19.0. The Balaban J connectivity index is 0.00000480. The minimum Gasteiger partial charge on any atom is -0.453 e. The molecular formula is C21H32ClN5O4. The molecule has 1 aromatic carbocycles. The molecule has 2 atom stereocenters. The highest BCUT2D eigenvalue weighted by Gasteiger charge is 2.37. The summed E-state index contributed by atoms with van der Waals surface area (Å²) >= 11 is 0. The predicted molar refractivity (Wildman–Crippen MR) is 120 cm³/mol. The monoisotopic (exact) mass is 453 g/mol. The number of likely N-dealkylation sites (tertiary alicyclic amines) is 1. The molecule has 1 fully saturated rings. The summed E-state index contributed by atoms with van der Waals surface area (Å²) in [5.41, 5.74) is 6.94. The van der Waals surface area contributed by atoms with Crippen LogP contribution in [-0.4, -0.2) is 54.4 Å². The average Bonchev–Trinajstić information content (AvgIpc) is 3.20. The third kappa shape index (κ3) is 7.43. The van der Waals surface area contributed by atoms with E-state index in [0.717, 1.165) is 12.0 Å². The van der Waals surface area contributed by atoms with Crippen molar-refractivity contribution < 1.29 is 19.1 Å². The summed E-state index contributed by atoms with van der Waals surface area (Å²) in [6.07, 6.45) is 1.10. The number of amidine groups is 1. The molecule has 31 heavy (non-hydrogen) atoms. The largest absolute Gasteiger partial charge is 0.453 e. The number of nitrogens with one attached hydrogen (secondary N) is 3. The van der Waals surface area contributed by atoms with Crippen LogP contribution in [0.2, 0.25) is 0 Å². The van der Waals surface area contributed by atoms with Crippen molar-refractivity contribution in [2.45, 2.75) is 51.7 Å². The zero-order valence-electron chi connectivity index (χ0n) is 18.1. The van der Waals surface area contributed by atoms with Gasteiger partial charge in [0.25, 0.3) is 0 Å². The maximum atomic E-state index is 13.1. The minimum absolute atomic E-state index is 0. The second-order valence-electron chi connectivity index (χ2n) is 7.84. The number of ether oxygens (including phenoxy) is 1. The molecule has 0 saturated carbocycles. The van der Waals surface area contributed by atoms with E-state index >= 15 is 0 Å². The summed E-state index contributed by atoms with van der Waals surface area (Å²) in [5, 5.41) is 12.9. The normalized spacial score (nSPS) is 16.3. The van der Waals surface area contributed by atoms with E-state index in [4.69, 9.17) is 11.1 Å². The van der Waals surface area contributed by atoms with Crippen molar-refractivity contribution in [1.82, 2.24) is 15.5 Å². The molecule has 1 aliphatic heterocycles. The lowest BCUT2D eigenvalue weighted by atomic mass is 10.0. The fraction of sp³-hybridized carbons (Fsp3) is 0.524. The second-order valence-corrected chi connectivity index (χ2v) is 7.84. The Morgan fingerprint density at radius 2 is 1.90 bits per heavy atom. The Hall–Kier alpha value is -2.81. The Bertz CT molecular complexity index is 784. The van der Waals surface area contributed by atoms with Crippen LogP contribution in [0.15, 0.2) is 24.3 Å². The molecule has 10 heteroatoms. The summed E-state index contributed by atoms with van der Waals surface area (Å²) in [5.74, 6) is -0.318. The van der Waals surface area contributed by atoms with E-state index < -0.39 is 18.2 Å². The van der Waals surface area contributed by atoms with Gasteiger partial charge in [0, 0.05) is 18.7 Å². The van der Waals surface area contributed by atoms with Gasteiger partial charge in [-0.2, -0.15) is 0 Å². The Labute approximate surface area is 189 Å². The highest BCUT2D eigenvalue weighted by molar-refractivity contribution is 5.95. The summed E-state index contributed by atoms with van der Waals surface area (Å²) in [6, 6.07) is 5.75. The zero-order chi connectivity index (χ0) is 22.3. The van der Waals surface area contributed by atoms with Gasteiger partial charge in [-0.25, -0.2) is 4.79 Å². The van der Waals surface area contributed by atoms with Crippen LogP contribution in [0.1, 0.15) is 44.2 Å². The van der Waals surface area contributed by atoms with E-state index in [-0.39, 0.29) is 36.0 Å². The predicted octanol–water partition coefficient (Wildman–Crippen LogP) is 1.77. The van der Waals surface area contributed by atoms with Gasteiger partial charge in [0.15, 0.2) is 0 Å². The number of nitrogen functional groups attached to an aromatic ring is 1. The second kappa shape index (κ2) is 12.1. The average molecular weight is 454 g/mol. The number of rotatable bonds is 8. The van der Waals surface area contributed by atoms with Crippen LogP contribution in [-0.2, 0) is 20.9 Å². The Morgan fingerprint density at radius 3 is 2.45 bits per heavy atom. The first kappa shape index (κ1) is 26.2. The molecular weight excluding hydrogens is 422 g/mol. The fourth-order valence-corrected chi connectivity index (χ4v) is 3.51. The molecule has 1 unspecified atom stereocenters. The van der Waals surface area contributed by atoms with Crippen LogP contribution in [0.25, 0.3) is 0 Å². The highest BCUT2D eigenvalue weighted by Crippen LogP contribution is 2.20. The lowest BCUT2D eigenvalue weighted by Gasteiger charge is -2.29. The number of hydrogen-bond donors (Lipinski definition) is 4. The lowest BCUT2D eigenvalue weighted by molar-refractivity contribution is -0.140. The number of amides is 3. The molecule has 5 N–H and O–H groups in total. The number of carbonyl (C=O) groups is 3. The number of hydrogen-bond acceptors (Lipinski definition) is 5. The number of nitrogens with two attached hydrogens (primary N) is 1. The van der Waals surface area contributed by atoms with Crippen molar-refractivity contribution in [3.8, 4) is 0 Å². The molecule has 0 radical (unpaired) electrons. The number of halogens is 1. The van der Waals surface area contributed by atoms with Gasteiger partial charge in [0.1, 0.15) is 17.9 Å². The van der Waals surface area contributed by atoms with E-state index in [1.54, 1.807) is 29.2 Å². The molecule has 1 heterocycles. The molecule has 3 amide bonds. The molecule has 0 aliphatic carbocycles. The van der Waals surface area contributed by atoms with Crippen LogP contribution in [0, 0.1) is 11.3 Å². The van der Waals surface area contributed by atoms with Crippen LogP contribution >= 0.6 is 12.4 Å². The van der Waals surface area contributed by atoms with Gasteiger partial charge < -0.3 is 26.0 Å². The van der Waals surface area contributed by atoms with Crippen LogP contribution in [0.3, 0.4) is 0 Å². The third-order valence-corrected chi connectivity index (χ3v) is 5.05. The number of carbonyl (C=O) groups excluding carboxylic acids is 3. The smallest absolute Gasteiger partial charge is 0.407 e. The lowest BCUT2D eigenvalue weighted by Crippen LogP contribution is -2.53. The van der Waals surface area contributed by atoms with E-state index in [0.29, 0.717) is 31.5 Å². The quantitative estimate of drug-likeness (QED) is 0.351. The van der Waals surface area contributed by atoms with Crippen molar-refractivity contribution in [3.05, 3.63) is 35.4 Å².